The van der Waals surface area contributed by atoms with E-state index in [9.17, 15) is 0 Å². The molecule has 2 unspecified atom stereocenters. The quantitative estimate of drug-likeness (QED) is 0.765. The Morgan fingerprint density at radius 3 is 2.70 bits per heavy atom. The summed E-state index contributed by atoms with van der Waals surface area (Å²) in [4.78, 5) is 1.21. The Hall–Kier alpha value is 0.110. The normalized spacial score (nSPS) is 25.6. The Bertz CT molecular complexity index is 462. The van der Waals surface area contributed by atoms with Crippen molar-refractivity contribution in [3.05, 3.63) is 28.2 Å². The highest BCUT2D eigenvalue weighted by molar-refractivity contribution is 8.00. The fourth-order valence-corrected chi connectivity index (χ4v) is 4.84. The van der Waals surface area contributed by atoms with Crippen LogP contribution in [-0.4, -0.2) is 17.8 Å². The zero-order valence-electron chi connectivity index (χ0n) is 12.4. The number of nitrogens with one attached hydrogen (secondary N) is 1. The topological polar surface area (TPSA) is 12.0 Å². The molecule has 2 atom stereocenters. The van der Waals surface area contributed by atoms with Crippen LogP contribution < -0.4 is 5.32 Å². The Kier molecular flexibility index (Phi) is 5.70. The van der Waals surface area contributed by atoms with Gasteiger partial charge in [0.1, 0.15) is 0 Å². The molecule has 0 amide bonds. The van der Waals surface area contributed by atoms with Crippen LogP contribution in [0.1, 0.15) is 40.0 Å². The summed E-state index contributed by atoms with van der Waals surface area (Å²) in [6, 6.07) is 6.54. The third kappa shape index (κ3) is 4.30. The number of benzene rings is 1. The van der Waals surface area contributed by atoms with Crippen molar-refractivity contribution in [2.24, 2.45) is 5.41 Å². The highest BCUT2D eigenvalue weighted by Crippen LogP contribution is 2.43. The first-order valence-corrected chi connectivity index (χ1v) is 8.90. The maximum Gasteiger partial charge on any atom is 0.0603 e. The summed E-state index contributed by atoms with van der Waals surface area (Å²) in [6.45, 7) is 7.96. The second kappa shape index (κ2) is 6.91. The van der Waals surface area contributed by atoms with Crippen LogP contribution in [0.5, 0.6) is 0 Å². The van der Waals surface area contributed by atoms with Gasteiger partial charge >= 0.3 is 0 Å². The van der Waals surface area contributed by atoms with Crippen molar-refractivity contribution >= 4 is 35.0 Å². The van der Waals surface area contributed by atoms with E-state index in [2.05, 4.69) is 32.2 Å². The maximum absolute atomic E-state index is 6.12. The SMILES string of the molecule is CCNC1CCC(C)(C)CC1Sc1ccc(Cl)c(Cl)c1. The minimum Gasteiger partial charge on any atom is -0.313 e. The molecule has 1 nitrogen and oxygen atoms in total. The van der Waals surface area contributed by atoms with Gasteiger partial charge in [0.05, 0.1) is 10.0 Å². The molecule has 1 aromatic carbocycles. The van der Waals surface area contributed by atoms with Gasteiger partial charge in [-0.05, 0) is 49.4 Å². The molecule has 0 heterocycles. The van der Waals surface area contributed by atoms with Crippen LogP contribution >= 0.6 is 35.0 Å². The maximum atomic E-state index is 6.12. The summed E-state index contributed by atoms with van der Waals surface area (Å²) in [6.07, 6.45) is 3.78. The van der Waals surface area contributed by atoms with Gasteiger partial charge in [0.25, 0.3) is 0 Å². The lowest BCUT2D eigenvalue weighted by atomic mass is 9.75. The standard InChI is InChI=1S/C16H23Cl2NS/c1-4-19-14-7-8-16(2,3)10-15(14)20-11-5-6-12(17)13(18)9-11/h5-6,9,14-15,19H,4,7-8,10H2,1-3H3. The Labute approximate surface area is 136 Å². The van der Waals surface area contributed by atoms with Crippen LogP contribution in [0.15, 0.2) is 23.1 Å². The minimum absolute atomic E-state index is 0.430. The van der Waals surface area contributed by atoms with Crippen LogP contribution in [0.4, 0.5) is 0 Å². The molecule has 0 radical (unpaired) electrons. The molecular weight excluding hydrogens is 309 g/mol. The van der Waals surface area contributed by atoms with Gasteiger partial charge in [-0.25, -0.2) is 0 Å². The molecule has 0 spiro atoms. The molecule has 1 N–H and O–H groups in total. The third-order valence-corrected chi connectivity index (χ3v) is 6.04. The molecule has 0 bridgehead atoms. The van der Waals surface area contributed by atoms with Gasteiger partial charge in [0, 0.05) is 16.2 Å². The molecule has 1 fully saturated rings. The molecule has 1 saturated carbocycles. The van der Waals surface area contributed by atoms with Gasteiger partial charge in [-0.2, -0.15) is 0 Å². The lowest BCUT2D eigenvalue weighted by molar-refractivity contribution is 0.215. The molecular formula is C16H23Cl2NS. The number of halogens is 2. The number of rotatable bonds is 4. The van der Waals surface area contributed by atoms with Gasteiger partial charge in [0.15, 0.2) is 0 Å². The van der Waals surface area contributed by atoms with E-state index < -0.39 is 0 Å². The zero-order valence-corrected chi connectivity index (χ0v) is 14.7. The van der Waals surface area contributed by atoms with Crippen molar-refractivity contribution in [1.29, 1.82) is 0 Å². The zero-order chi connectivity index (χ0) is 14.8. The van der Waals surface area contributed by atoms with Crippen LogP contribution in [0.25, 0.3) is 0 Å². The van der Waals surface area contributed by atoms with E-state index in [0.29, 0.717) is 26.8 Å². The summed E-state index contributed by atoms with van der Waals surface area (Å²) in [5, 5.41) is 5.51. The summed E-state index contributed by atoms with van der Waals surface area (Å²) in [7, 11) is 0. The Morgan fingerprint density at radius 2 is 2.05 bits per heavy atom. The second-order valence-electron chi connectivity index (χ2n) is 6.30. The molecule has 0 saturated heterocycles. The van der Waals surface area contributed by atoms with Gasteiger partial charge in [-0.15, -0.1) is 11.8 Å². The Morgan fingerprint density at radius 1 is 1.30 bits per heavy atom. The van der Waals surface area contributed by atoms with Crippen molar-refractivity contribution < 1.29 is 0 Å². The van der Waals surface area contributed by atoms with Crippen molar-refractivity contribution in [2.75, 3.05) is 6.54 Å². The number of hydrogen-bond donors (Lipinski definition) is 1. The molecule has 1 aliphatic carbocycles. The molecule has 20 heavy (non-hydrogen) atoms. The van der Waals surface area contributed by atoms with Crippen molar-refractivity contribution in [3.8, 4) is 0 Å². The van der Waals surface area contributed by atoms with E-state index in [4.69, 9.17) is 23.2 Å². The van der Waals surface area contributed by atoms with Gasteiger partial charge < -0.3 is 5.32 Å². The number of hydrogen-bond acceptors (Lipinski definition) is 2. The van der Waals surface area contributed by atoms with Gasteiger partial charge in [0.2, 0.25) is 0 Å². The first-order chi connectivity index (χ1) is 9.41. The third-order valence-electron chi connectivity index (χ3n) is 3.98. The first-order valence-electron chi connectivity index (χ1n) is 7.26. The second-order valence-corrected chi connectivity index (χ2v) is 8.43. The molecule has 2 rings (SSSR count). The largest absolute Gasteiger partial charge is 0.313 e. The molecule has 1 aromatic rings. The average Bonchev–Trinajstić information content (AvgIpc) is 2.37. The van der Waals surface area contributed by atoms with Crippen LogP contribution in [-0.2, 0) is 0 Å². The first kappa shape index (κ1) is 16.5. The average molecular weight is 332 g/mol. The summed E-state index contributed by atoms with van der Waals surface area (Å²) in [5.41, 5.74) is 0.430. The van der Waals surface area contributed by atoms with Crippen molar-refractivity contribution in [3.63, 3.8) is 0 Å². The predicted octanol–water partition coefficient (Wildman–Crippen LogP) is 5.64. The van der Waals surface area contributed by atoms with E-state index in [1.165, 1.54) is 24.2 Å². The fourth-order valence-electron chi connectivity index (χ4n) is 2.87. The van der Waals surface area contributed by atoms with Crippen LogP contribution in [0.3, 0.4) is 0 Å². The summed E-state index contributed by atoms with van der Waals surface area (Å²) < 4.78 is 0. The lowest BCUT2D eigenvalue weighted by Crippen LogP contribution is -2.44. The lowest BCUT2D eigenvalue weighted by Gasteiger charge is -2.40. The number of thioether (sulfide) groups is 1. The van der Waals surface area contributed by atoms with E-state index >= 15 is 0 Å². The van der Waals surface area contributed by atoms with E-state index in [1.807, 2.05) is 23.9 Å². The smallest absolute Gasteiger partial charge is 0.0603 e. The van der Waals surface area contributed by atoms with E-state index in [-0.39, 0.29) is 0 Å². The minimum atomic E-state index is 0.430. The predicted molar refractivity (Wildman–Crippen MR) is 91.2 cm³/mol. The molecule has 0 aliphatic heterocycles. The summed E-state index contributed by atoms with van der Waals surface area (Å²) >= 11 is 14.0. The van der Waals surface area contributed by atoms with E-state index in [1.54, 1.807) is 0 Å². The Balaban J connectivity index is 2.11. The molecule has 112 valence electrons. The van der Waals surface area contributed by atoms with Crippen LogP contribution in [0.2, 0.25) is 10.0 Å². The van der Waals surface area contributed by atoms with E-state index in [0.717, 1.165) is 6.54 Å². The van der Waals surface area contributed by atoms with Crippen molar-refractivity contribution in [1.82, 2.24) is 5.32 Å². The summed E-state index contributed by atoms with van der Waals surface area (Å²) in [5.74, 6) is 0. The van der Waals surface area contributed by atoms with Crippen molar-refractivity contribution in [2.45, 2.75) is 56.2 Å². The highest BCUT2D eigenvalue weighted by atomic mass is 35.5. The fraction of sp³-hybridized carbons (Fsp3) is 0.625. The van der Waals surface area contributed by atoms with Gasteiger partial charge in [-0.3, -0.25) is 0 Å². The highest BCUT2D eigenvalue weighted by Gasteiger charge is 2.35. The molecule has 1 aliphatic rings. The monoisotopic (exact) mass is 331 g/mol. The molecule has 4 heteroatoms. The molecule has 0 aromatic heterocycles. The van der Waals surface area contributed by atoms with Crippen LogP contribution in [0, 0.1) is 5.41 Å². The van der Waals surface area contributed by atoms with Gasteiger partial charge in [-0.1, -0.05) is 44.0 Å².